The summed E-state index contributed by atoms with van der Waals surface area (Å²) in [5, 5.41) is 3.36. The summed E-state index contributed by atoms with van der Waals surface area (Å²) in [5.41, 5.74) is 3.77. The zero-order valence-electron chi connectivity index (χ0n) is 13.1. The standard InChI is InChI=1S/C18H24N2O/c1-14(2)17-9-15(3)10-18(11-17)21-8-7-20-13-16-5-4-6-19-12-16/h4-6,9-12,14,20H,7-8,13H2,1-3H3. The summed E-state index contributed by atoms with van der Waals surface area (Å²) in [7, 11) is 0. The molecule has 0 spiro atoms. The highest BCUT2D eigenvalue weighted by atomic mass is 16.5. The molecule has 0 unspecified atom stereocenters. The smallest absolute Gasteiger partial charge is 0.119 e. The number of rotatable bonds is 7. The van der Waals surface area contributed by atoms with E-state index in [1.807, 2.05) is 12.3 Å². The molecule has 21 heavy (non-hydrogen) atoms. The van der Waals surface area contributed by atoms with E-state index >= 15 is 0 Å². The SMILES string of the molecule is Cc1cc(OCCNCc2cccnc2)cc(C(C)C)c1. The lowest BCUT2D eigenvalue weighted by molar-refractivity contribution is 0.313. The topological polar surface area (TPSA) is 34.1 Å². The van der Waals surface area contributed by atoms with Crippen molar-refractivity contribution in [1.82, 2.24) is 10.3 Å². The molecule has 112 valence electrons. The first-order valence-corrected chi connectivity index (χ1v) is 7.49. The molecule has 0 fully saturated rings. The van der Waals surface area contributed by atoms with E-state index in [-0.39, 0.29) is 0 Å². The van der Waals surface area contributed by atoms with E-state index in [1.165, 1.54) is 16.7 Å². The van der Waals surface area contributed by atoms with Crippen molar-refractivity contribution in [1.29, 1.82) is 0 Å². The van der Waals surface area contributed by atoms with Crippen LogP contribution in [0.2, 0.25) is 0 Å². The Kier molecular flexibility index (Phi) is 5.76. The molecule has 0 amide bonds. The lowest BCUT2D eigenvalue weighted by Gasteiger charge is -2.12. The van der Waals surface area contributed by atoms with Crippen LogP contribution in [0.15, 0.2) is 42.7 Å². The third-order valence-electron chi connectivity index (χ3n) is 3.34. The Morgan fingerprint density at radius 3 is 2.81 bits per heavy atom. The van der Waals surface area contributed by atoms with Crippen molar-refractivity contribution >= 4 is 0 Å². The number of nitrogens with one attached hydrogen (secondary N) is 1. The van der Waals surface area contributed by atoms with E-state index in [4.69, 9.17) is 4.74 Å². The summed E-state index contributed by atoms with van der Waals surface area (Å²) in [6, 6.07) is 10.5. The molecule has 0 aliphatic rings. The van der Waals surface area contributed by atoms with Crippen molar-refractivity contribution in [2.75, 3.05) is 13.2 Å². The van der Waals surface area contributed by atoms with Gasteiger partial charge in [-0.2, -0.15) is 0 Å². The maximum Gasteiger partial charge on any atom is 0.119 e. The number of ether oxygens (including phenoxy) is 1. The zero-order chi connectivity index (χ0) is 15.1. The Bertz CT molecular complexity index is 552. The molecule has 2 aromatic rings. The van der Waals surface area contributed by atoms with Gasteiger partial charge in [-0.3, -0.25) is 4.98 Å². The van der Waals surface area contributed by atoms with Crippen LogP contribution < -0.4 is 10.1 Å². The van der Waals surface area contributed by atoms with E-state index < -0.39 is 0 Å². The second kappa shape index (κ2) is 7.79. The summed E-state index contributed by atoms with van der Waals surface area (Å²) in [5.74, 6) is 1.48. The molecule has 0 aliphatic heterocycles. The van der Waals surface area contributed by atoms with E-state index in [0.717, 1.165) is 18.8 Å². The van der Waals surface area contributed by atoms with E-state index in [1.54, 1.807) is 6.20 Å². The van der Waals surface area contributed by atoms with Crippen molar-refractivity contribution in [3.8, 4) is 5.75 Å². The van der Waals surface area contributed by atoms with Gasteiger partial charge in [-0.1, -0.05) is 26.0 Å². The van der Waals surface area contributed by atoms with Gasteiger partial charge in [0.15, 0.2) is 0 Å². The number of benzene rings is 1. The fourth-order valence-electron chi connectivity index (χ4n) is 2.17. The molecule has 0 bridgehead atoms. The Hall–Kier alpha value is -1.87. The molecule has 0 atom stereocenters. The molecule has 2 rings (SSSR count). The first kappa shape index (κ1) is 15.5. The number of hydrogen-bond acceptors (Lipinski definition) is 3. The highest BCUT2D eigenvalue weighted by molar-refractivity contribution is 5.35. The largest absolute Gasteiger partial charge is 0.492 e. The van der Waals surface area contributed by atoms with Gasteiger partial charge in [0.1, 0.15) is 12.4 Å². The lowest BCUT2D eigenvalue weighted by atomic mass is 10.0. The molecule has 0 radical (unpaired) electrons. The molecule has 1 N–H and O–H groups in total. The predicted molar refractivity (Wildman–Crippen MR) is 86.7 cm³/mol. The molecule has 0 saturated heterocycles. The van der Waals surface area contributed by atoms with Crippen LogP contribution in [0.25, 0.3) is 0 Å². The number of hydrogen-bond donors (Lipinski definition) is 1. The fraction of sp³-hybridized carbons (Fsp3) is 0.389. The van der Waals surface area contributed by atoms with Crippen LogP contribution in [0, 0.1) is 6.92 Å². The van der Waals surface area contributed by atoms with E-state index in [0.29, 0.717) is 12.5 Å². The van der Waals surface area contributed by atoms with Gasteiger partial charge >= 0.3 is 0 Å². The van der Waals surface area contributed by atoms with Crippen LogP contribution in [-0.4, -0.2) is 18.1 Å². The van der Waals surface area contributed by atoms with Crippen LogP contribution in [0.5, 0.6) is 5.75 Å². The van der Waals surface area contributed by atoms with Gasteiger partial charge in [-0.05, 0) is 47.7 Å². The van der Waals surface area contributed by atoms with Crippen molar-refractivity contribution in [3.05, 3.63) is 59.4 Å². The maximum atomic E-state index is 5.84. The van der Waals surface area contributed by atoms with Gasteiger partial charge < -0.3 is 10.1 Å². The average Bonchev–Trinajstić information content (AvgIpc) is 2.47. The fourth-order valence-corrected chi connectivity index (χ4v) is 2.17. The molecule has 1 aromatic carbocycles. The average molecular weight is 284 g/mol. The monoisotopic (exact) mass is 284 g/mol. The summed E-state index contributed by atoms with van der Waals surface area (Å²) < 4.78 is 5.84. The number of aryl methyl sites for hydroxylation is 1. The van der Waals surface area contributed by atoms with Crippen molar-refractivity contribution < 1.29 is 4.74 Å². The van der Waals surface area contributed by atoms with Gasteiger partial charge in [0.2, 0.25) is 0 Å². The van der Waals surface area contributed by atoms with Gasteiger partial charge in [0.25, 0.3) is 0 Å². The summed E-state index contributed by atoms with van der Waals surface area (Å²) in [6.07, 6.45) is 3.67. The van der Waals surface area contributed by atoms with Crippen LogP contribution in [0.3, 0.4) is 0 Å². The molecule has 3 heteroatoms. The summed E-state index contributed by atoms with van der Waals surface area (Å²) >= 11 is 0. The minimum Gasteiger partial charge on any atom is -0.492 e. The lowest BCUT2D eigenvalue weighted by Crippen LogP contribution is -2.20. The van der Waals surface area contributed by atoms with Crippen LogP contribution in [0.4, 0.5) is 0 Å². The Morgan fingerprint density at radius 2 is 2.10 bits per heavy atom. The van der Waals surface area contributed by atoms with Gasteiger partial charge in [-0.25, -0.2) is 0 Å². The Labute approximate surface area is 127 Å². The summed E-state index contributed by atoms with van der Waals surface area (Å²) in [4.78, 5) is 4.10. The highest BCUT2D eigenvalue weighted by Gasteiger charge is 2.03. The zero-order valence-corrected chi connectivity index (χ0v) is 13.1. The van der Waals surface area contributed by atoms with Gasteiger partial charge in [0, 0.05) is 25.5 Å². The minimum atomic E-state index is 0.524. The van der Waals surface area contributed by atoms with Crippen molar-refractivity contribution in [3.63, 3.8) is 0 Å². The van der Waals surface area contributed by atoms with Crippen LogP contribution >= 0.6 is 0 Å². The predicted octanol–water partition coefficient (Wildman–Crippen LogP) is 3.68. The van der Waals surface area contributed by atoms with Crippen LogP contribution in [-0.2, 0) is 6.54 Å². The van der Waals surface area contributed by atoms with Gasteiger partial charge in [-0.15, -0.1) is 0 Å². The highest BCUT2D eigenvalue weighted by Crippen LogP contribution is 2.22. The van der Waals surface area contributed by atoms with Gasteiger partial charge in [0.05, 0.1) is 0 Å². The first-order chi connectivity index (χ1) is 10.1. The Balaban J connectivity index is 1.76. The first-order valence-electron chi connectivity index (χ1n) is 7.49. The summed E-state index contributed by atoms with van der Waals surface area (Å²) in [6.45, 7) is 8.82. The molecular formula is C18H24N2O. The molecule has 1 heterocycles. The quantitative estimate of drug-likeness (QED) is 0.788. The third kappa shape index (κ3) is 5.20. The molecule has 0 aliphatic carbocycles. The molecule has 1 aromatic heterocycles. The molecular weight excluding hydrogens is 260 g/mol. The molecule has 0 saturated carbocycles. The number of aromatic nitrogens is 1. The normalized spacial score (nSPS) is 10.9. The second-order valence-electron chi connectivity index (χ2n) is 5.62. The molecule has 3 nitrogen and oxygen atoms in total. The number of nitrogens with zero attached hydrogens (tertiary/aromatic N) is 1. The maximum absolute atomic E-state index is 5.84. The number of pyridine rings is 1. The van der Waals surface area contributed by atoms with E-state index in [9.17, 15) is 0 Å². The van der Waals surface area contributed by atoms with Crippen molar-refractivity contribution in [2.24, 2.45) is 0 Å². The van der Waals surface area contributed by atoms with Crippen LogP contribution in [0.1, 0.15) is 36.5 Å². The minimum absolute atomic E-state index is 0.524. The van der Waals surface area contributed by atoms with Crippen molar-refractivity contribution in [2.45, 2.75) is 33.2 Å². The second-order valence-corrected chi connectivity index (χ2v) is 5.62. The third-order valence-corrected chi connectivity index (χ3v) is 3.34. The Morgan fingerprint density at radius 1 is 1.24 bits per heavy atom. The van der Waals surface area contributed by atoms with E-state index in [2.05, 4.69) is 55.3 Å².